The Morgan fingerprint density at radius 3 is 2.29 bits per heavy atom. The van der Waals surface area contributed by atoms with Gasteiger partial charge in [0.05, 0.1) is 17.6 Å². The number of amides is 1. The molecule has 0 atom stereocenters. The molecule has 38 heavy (non-hydrogen) atoms. The highest BCUT2D eigenvalue weighted by atomic mass is 19.1. The van der Waals surface area contributed by atoms with E-state index in [1.807, 2.05) is 12.1 Å². The van der Waals surface area contributed by atoms with E-state index in [9.17, 15) is 23.2 Å². The number of benzene rings is 2. The molecule has 1 saturated heterocycles. The third-order valence-corrected chi connectivity index (χ3v) is 7.36. The summed E-state index contributed by atoms with van der Waals surface area (Å²) in [6, 6.07) is 9.17. The molecule has 9 heteroatoms. The van der Waals surface area contributed by atoms with Gasteiger partial charge in [0.1, 0.15) is 5.82 Å². The lowest BCUT2D eigenvalue weighted by molar-refractivity contribution is -0.143. The Balaban J connectivity index is 1.22. The third kappa shape index (κ3) is 7.08. The molecule has 2 fully saturated rings. The number of halogens is 2. The molecular formula is C29H34F2N2O5. The fourth-order valence-corrected chi connectivity index (χ4v) is 5.10. The number of aliphatic carboxylic acids is 1. The number of carbonyl (C=O) groups is 3. The first kappa shape index (κ1) is 27.5. The van der Waals surface area contributed by atoms with E-state index < -0.39 is 35.4 Å². The number of nitrogens with one attached hydrogen (secondary N) is 1. The van der Waals surface area contributed by atoms with Crippen LogP contribution in [0.15, 0.2) is 36.4 Å². The fraction of sp³-hybridized carbons (Fsp3) is 0.483. The maximum absolute atomic E-state index is 14.6. The van der Waals surface area contributed by atoms with Gasteiger partial charge < -0.3 is 20.1 Å². The van der Waals surface area contributed by atoms with Crippen LogP contribution in [0.5, 0.6) is 5.75 Å². The van der Waals surface area contributed by atoms with E-state index in [1.165, 1.54) is 19.3 Å². The van der Waals surface area contributed by atoms with Gasteiger partial charge in [-0.3, -0.25) is 14.4 Å². The van der Waals surface area contributed by atoms with E-state index in [1.54, 1.807) is 12.1 Å². The predicted molar refractivity (Wildman–Crippen MR) is 139 cm³/mol. The molecule has 2 N–H and O–H groups in total. The summed E-state index contributed by atoms with van der Waals surface area (Å²) in [6.07, 6.45) is 5.14. The maximum Gasteiger partial charge on any atom is 0.306 e. The number of Topliss-reactive ketones (excluding diaryl/α,β-unsaturated/α-hetero) is 1. The average molecular weight is 529 g/mol. The van der Waals surface area contributed by atoms with Crippen LogP contribution in [0, 0.1) is 17.6 Å². The summed E-state index contributed by atoms with van der Waals surface area (Å²) in [5, 5.41) is 11.8. The molecule has 2 aromatic rings. The lowest BCUT2D eigenvalue weighted by atomic mass is 9.87. The standard InChI is InChI=1S/C29H34F2N2O5/c30-24-18-27(38-22-12-8-20(9-13-22)29(36)37)25(31)17-23(24)26(34)5-4-14-32-28(35)19-6-10-21(11-7-19)33-15-2-1-3-16-33/h6-7,10-11,17-18,20,22H,1-5,8-9,12-16H2,(H,32,35)(H,36,37). The predicted octanol–water partition coefficient (Wildman–Crippen LogP) is 5.37. The molecule has 1 aliphatic carbocycles. The molecule has 1 heterocycles. The zero-order valence-corrected chi connectivity index (χ0v) is 21.4. The van der Waals surface area contributed by atoms with Crippen molar-refractivity contribution in [1.29, 1.82) is 0 Å². The summed E-state index contributed by atoms with van der Waals surface area (Å²) < 4.78 is 34.8. The van der Waals surface area contributed by atoms with Crippen LogP contribution < -0.4 is 15.0 Å². The topological polar surface area (TPSA) is 95.9 Å². The molecule has 0 radical (unpaired) electrons. The van der Waals surface area contributed by atoms with Crippen molar-refractivity contribution in [3.05, 3.63) is 59.2 Å². The number of piperidine rings is 1. The second-order valence-electron chi connectivity index (χ2n) is 10.1. The molecule has 2 aromatic carbocycles. The van der Waals surface area contributed by atoms with Crippen molar-refractivity contribution in [3.63, 3.8) is 0 Å². The SMILES string of the molecule is O=C(NCCCC(=O)c1cc(F)c(OC2CCC(C(=O)O)CC2)cc1F)c1ccc(N2CCCCC2)cc1. The van der Waals surface area contributed by atoms with Crippen LogP contribution in [-0.2, 0) is 4.79 Å². The molecule has 4 rings (SSSR count). The second-order valence-corrected chi connectivity index (χ2v) is 10.1. The Bertz CT molecular complexity index is 1140. The summed E-state index contributed by atoms with van der Waals surface area (Å²) >= 11 is 0. The number of ketones is 1. The number of nitrogens with zero attached hydrogens (tertiary/aromatic N) is 1. The molecular weight excluding hydrogens is 494 g/mol. The maximum atomic E-state index is 14.6. The van der Waals surface area contributed by atoms with Crippen molar-refractivity contribution in [2.24, 2.45) is 5.92 Å². The molecule has 0 spiro atoms. The molecule has 204 valence electrons. The van der Waals surface area contributed by atoms with Gasteiger partial charge in [0.2, 0.25) is 0 Å². The monoisotopic (exact) mass is 528 g/mol. The van der Waals surface area contributed by atoms with E-state index in [4.69, 9.17) is 9.84 Å². The van der Waals surface area contributed by atoms with Crippen molar-refractivity contribution >= 4 is 23.3 Å². The molecule has 0 bridgehead atoms. The Morgan fingerprint density at radius 2 is 1.63 bits per heavy atom. The van der Waals surface area contributed by atoms with Crippen molar-refractivity contribution in [1.82, 2.24) is 5.32 Å². The Kier molecular flexibility index (Phi) is 9.31. The number of rotatable bonds is 10. The molecule has 2 aliphatic rings. The number of ether oxygens (including phenoxy) is 1. The van der Waals surface area contributed by atoms with Gasteiger partial charge in [0, 0.05) is 43.4 Å². The molecule has 7 nitrogen and oxygen atoms in total. The zero-order chi connectivity index (χ0) is 27.1. The quantitative estimate of drug-likeness (QED) is 0.318. The Hall–Kier alpha value is -3.49. The van der Waals surface area contributed by atoms with Gasteiger partial charge >= 0.3 is 5.97 Å². The van der Waals surface area contributed by atoms with Gasteiger partial charge in [-0.15, -0.1) is 0 Å². The van der Waals surface area contributed by atoms with Gasteiger partial charge in [-0.25, -0.2) is 8.78 Å². The average Bonchev–Trinajstić information content (AvgIpc) is 2.93. The van der Waals surface area contributed by atoms with E-state index in [-0.39, 0.29) is 36.6 Å². The summed E-state index contributed by atoms with van der Waals surface area (Å²) in [5.41, 5.74) is 1.27. The van der Waals surface area contributed by atoms with Crippen LogP contribution in [0.4, 0.5) is 14.5 Å². The minimum atomic E-state index is -0.872. The van der Waals surface area contributed by atoms with Crippen LogP contribution in [0.2, 0.25) is 0 Å². The highest BCUT2D eigenvalue weighted by Gasteiger charge is 2.28. The highest BCUT2D eigenvalue weighted by Crippen LogP contribution is 2.30. The normalized spacial score (nSPS) is 19.6. The molecule has 0 aromatic heterocycles. The van der Waals surface area contributed by atoms with Crippen molar-refractivity contribution in [2.75, 3.05) is 24.5 Å². The lowest BCUT2D eigenvalue weighted by Crippen LogP contribution is -2.29. The minimum absolute atomic E-state index is 0.0516. The first-order chi connectivity index (χ1) is 18.3. The molecule has 1 aliphatic heterocycles. The molecule has 1 saturated carbocycles. The van der Waals surface area contributed by atoms with Gasteiger partial charge in [-0.05, 0) is 81.7 Å². The summed E-state index contributed by atoms with van der Waals surface area (Å²) in [7, 11) is 0. The van der Waals surface area contributed by atoms with Crippen LogP contribution in [0.1, 0.15) is 78.5 Å². The Labute approximate surface area is 221 Å². The summed E-state index contributed by atoms with van der Waals surface area (Å²) in [4.78, 5) is 38.3. The van der Waals surface area contributed by atoms with Gasteiger partial charge in [0.15, 0.2) is 17.3 Å². The number of carboxylic acid groups (broad SMARTS) is 1. The number of hydrogen-bond acceptors (Lipinski definition) is 5. The van der Waals surface area contributed by atoms with Crippen LogP contribution in [-0.4, -0.2) is 48.5 Å². The molecule has 1 amide bonds. The Morgan fingerprint density at radius 1 is 0.947 bits per heavy atom. The molecule has 0 unspecified atom stereocenters. The minimum Gasteiger partial charge on any atom is -0.487 e. The number of anilines is 1. The number of carboxylic acids is 1. The van der Waals surface area contributed by atoms with E-state index >= 15 is 0 Å². The fourth-order valence-electron chi connectivity index (χ4n) is 5.10. The third-order valence-electron chi connectivity index (χ3n) is 7.36. The van der Waals surface area contributed by atoms with Crippen LogP contribution in [0.3, 0.4) is 0 Å². The van der Waals surface area contributed by atoms with E-state index in [2.05, 4.69) is 10.2 Å². The van der Waals surface area contributed by atoms with E-state index in [0.717, 1.165) is 30.9 Å². The van der Waals surface area contributed by atoms with Crippen molar-refractivity contribution in [2.45, 2.75) is 63.9 Å². The van der Waals surface area contributed by atoms with E-state index in [0.29, 0.717) is 31.2 Å². The largest absolute Gasteiger partial charge is 0.487 e. The van der Waals surface area contributed by atoms with Crippen LogP contribution >= 0.6 is 0 Å². The first-order valence-electron chi connectivity index (χ1n) is 13.4. The lowest BCUT2D eigenvalue weighted by Gasteiger charge is -2.28. The van der Waals surface area contributed by atoms with Gasteiger partial charge in [-0.1, -0.05) is 0 Å². The number of hydrogen-bond donors (Lipinski definition) is 2. The van der Waals surface area contributed by atoms with Gasteiger partial charge in [0.25, 0.3) is 5.91 Å². The van der Waals surface area contributed by atoms with Crippen molar-refractivity contribution < 1.29 is 33.0 Å². The zero-order valence-electron chi connectivity index (χ0n) is 21.4. The number of carbonyl (C=O) groups excluding carboxylic acids is 2. The summed E-state index contributed by atoms with van der Waals surface area (Å²) in [6.45, 7) is 2.27. The van der Waals surface area contributed by atoms with Crippen molar-refractivity contribution in [3.8, 4) is 5.75 Å². The van der Waals surface area contributed by atoms with Gasteiger partial charge in [-0.2, -0.15) is 0 Å². The highest BCUT2D eigenvalue weighted by molar-refractivity contribution is 5.97. The van der Waals surface area contributed by atoms with Crippen LogP contribution in [0.25, 0.3) is 0 Å². The summed E-state index contributed by atoms with van der Waals surface area (Å²) in [5.74, 6) is -4.10. The first-order valence-corrected chi connectivity index (χ1v) is 13.4. The second kappa shape index (κ2) is 12.8. The smallest absolute Gasteiger partial charge is 0.306 e.